The van der Waals surface area contributed by atoms with E-state index < -0.39 is 0 Å². The molecule has 0 amide bonds. The molecule has 2 rings (SSSR count). The summed E-state index contributed by atoms with van der Waals surface area (Å²) in [7, 11) is 0. The number of rotatable bonds is 8. The van der Waals surface area contributed by atoms with Gasteiger partial charge in [-0.15, -0.1) is 0 Å². The van der Waals surface area contributed by atoms with Gasteiger partial charge in [-0.25, -0.2) is 0 Å². The number of benzene rings is 1. The molecule has 0 saturated heterocycles. The Bertz CT molecular complexity index is 485. The zero-order valence-corrected chi connectivity index (χ0v) is 16.8. The van der Waals surface area contributed by atoms with Crippen molar-refractivity contribution < 1.29 is 9.47 Å². The summed E-state index contributed by atoms with van der Waals surface area (Å²) in [4.78, 5) is 0. The van der Waals surface area contributed by atoms with E-state index in [4.69, 9.17) is 9.47 Å². The molecule has 0 aromatic heterocycles. The van der Waals surface area contributed by atoms with Crippen molar-refractivity contribution in [1.82, 2.24) is 5.32 Å². The molecule has 1 aliphatic carbocycles. The van der Waals surface area contributed by atoms with E-state index in [0.717, 1.165) is 28.9 Å². The van der Waals surface area contributed by atoms with E-state index in [1.807, 2.05) is 6.92 Å². The van der Waals surface area contributed by atoms with E-state index in [9.17, 15) is 0 Å². The van der Waals surface area contributed by atoms with Crippen molar-refractivity contribution in [2.45, 2.75) is 77.8 Å². The van der Waals surface area contributed by atoms with Crippen LogP contribution in [0.25, 0.3) is 0 Å². The van der Waals surface area contributed by atoms with Crippen LogP contribution in [-0.4, -0.2) is 19.3 Å². The monoisotopic (exact) mass is 397 g/mol. The molecule has 1 N–H and O–H groups in total. The van der Waals surface area contributed by atoms with Crippen LogP contribution in [-0.2, 0) is 6.54 Å². The Hall–Kier alpha value is -0.740. The fourth-order valence-corrected chi connectivity index (χ4v) is 3.86. The second kappa shape index (κ2) is 11.0. The van der Waals surface area contributed by atoms with Gasteiger partial charge in [-0.2, -0.15) is 0 Å². The molecule has 0 unspecified atom stereocenters. The SMILES string of the molecule is CCCOc1c(Br)cc(CNC2CCCCCCC2)cc1OCC. The van der Waals surface area contributed by atoms with E-state index in [2.05, 4.69) is 40.3 Å². The van der Waals surface area contributed by atoms with Gasteiger partial charge >= 0.3 is 0 Å². The third-order valence-electron chi connectivity index (χ3n) is 4.52. The Morgan fingerprint density at radius 2 is 1.75 bits per heavy atom. The number of hydrogen-bond donors (Lipinski definition) is 1. The minimum absolute atomic E-state index is 0.647. The third-order valence-corrected chi connectivity index (χ3v) is 5.11. The van der Waals surface area contributed by atoms with Crippen LogP contribution >= 0.6 is 15.9 Å². The Balaban J connectivity index is 2.00. The van der Waals surface area contributed by atoms with Crippen molar-refractivity contribution in [3.8, 4) is 11.5 Å². The maximum Gasteiger partial charge on any atom is 0.175 e. The van der Waals surface area contributed by atoms with Gasteiger partial charge in [0.2, 0.25) is 0 Å². The fraction of sp³-hybridized carbons (Fsp3) is 0.700. The number of nitrogens with one attached hydrogen (secondary N) is 1. The van der Waals surface area contributed by atoms with Crippen LogP contribution in [0.1, 0.15) is 70.8 Å². The van der Waals surface area contributed by atoms with Crippen molar-refractivity contribution in [2.75, 3.05) is 13.2 Å². The summed E-state index contributed by atoms with van der Waals surface area (Å²) in [5.41, 5.74) is 1.25. The van der Waals surface area contributed by atoms with Gasteiger partial charge in [-0.1, -0.05) is 39.0 Å². The lowest BCUT2D eigenvalue weighted by Crippen LogP contribution is -2.29. The third kappa shape index (κ3) is 6.29. The zero-order valence-electron chi connectivity index (χ0n) is 15.2. The van der Waals surface area contributed by atoms with Crippen LogP contribution in [0.5, 0.6) is 11.5 Å². The smallest absolute Gasteiger partial charge is 0.175 e. The Kier molecular flexibility index (Phi) is 8.97. The molecule has 0 heterocycles. The first-order valence-corrected chi connectivity index (χ1v) is 10.3. The number of hydrogen-bond acceptors (Lipinski definition) is 3. The van der Waals surface area contributed by atoms with Crippen molar-refractivity contribution in [3.05, 3.63) is 22.2 Å². The summed E-state index contributed by atoms with van der Waals surface area (Å²) in [5.74, 6) is 1.67. The molecule has 1 aromatic carbocycles. The fourth-order valence-electron chi connectivity index (χ4n) is 3.25. The molecule has 136 valence electrons. The molecule has 0 aliphatic heterocycles. The molecule has 1 aliphatic rings. The molecule has 24 heavy (non-hydrogen) atoms. The first-order valence-electron chi connectivity index (χ1n) is 9.56. The molecular formula is C20H32BrNO2. The predicted octanol–water partition coefficient (Wildman–Crippen LogP) is 5.84. The molecule has 4 heteroatoms. The molecule has 0 bridgehead atoms. The van der Waals surface area contributed by atoms with Crippen LogP contribution in [0.15, 0.2) is 16.6 Å². The maximum atomic E-state index is 5.86. The highest BCUT2D eigenvalue weighted by atomic mass is 79.9. The normalized spacial score (nSPS) is 16.5. The average Bonchev–Trinajstić information content (AvgIpc) is 2.53. The first kappa shape index (κ1) is 19.6. The summed E-state index contributed by atoms with van der Waals surface area (Å²) in [5, 5.41) is 3.75. The second-order valence-corrected chi connectivity index (χ2v) is 7.46. The van der Waals surface area contributed by atoms with Gasteiger partial charge in [0.25, 0.3) is 0 Å². The van der Waals surface area contributed by atoms with Gasteiger partial charge in [-0.3, -0.25) is 0 Å². The topological polar surface area (TPSA) is 30.5 Å². The van der Waals surface area contributed by atoms with Gasteiger partial charge in [0, 0.05) is 12.6 Å². The minimum atomic E-state index is 0.647. The first-order chi connectivity index (χ1) is 11.7. The van der Waals surface area contributed by atoms with Crippen molar-refractivity contribution >= 4 is 15.9 Å². The van der Waals surface area contributed by atoms with Crippen LogP contribution in [0.3, 0.4) is 0 Å². The summed E-state index contributed by atoms with van der Waals surface area (Å²) in [6.07, 6.45) is 10.5. The highest BCUT2D eigenvalue weighted by Crippen LogP contribution is 2.37. The van der Waals surface area contributed by atoms with Gasteiger partial charge in [0.05, 0.1) is 17.7 Å². The molecule has 1 saturated carbocycles. The molecule has 0 spiro atoms. The molecule has 1 aromatic rings. The average molecular weight is 398 g/mol. The van der Waals surface area contributed by atoms with E-state index in [0.29, 0.717) is 19.3 Å². The van der Waals surface area contributed by atoms with Crippen molar-refractivity contribution in [3.63, 3.8) is 0 Å². The molecule has 3 nitrogen and oxygen atoms in total. The Morgan fingerprint density at radius 3 is 2.42 bits per heavy atom. The van der Waals surface area contributed by atoms with Crippen LogP contribution in [0.4, 0.5) is 0 Å². The summed E-state index contributed by atoms with van der Waals surface area (Å²) >= 11 is 3.65. The number of halogens is 1. The van der Waals surface area contributed by atoms with Gasteiger partial charge in [-0.05, 0) is 59.8 Å². The van der Waals surface area contributed by atoms with E-state index in [1.54, 1.807) is 0 Å². The summed E-state index contributed by atoms with van der Waals surface area (Å²) < 4.78 is 12.6. The quantitative estimate of drug-likeness (QED) is 0.597. The van der Waals surface area contributed by atoms with Crippen LogP contribution in [0, 0.1) is 0 Å². The highest BCUT2D eigenvalue weighted by molar-refractivity contribution is 9.10. The summed E-state index contributed by atoms with van der Waals surface area (Å²) in [6.45, 7) is 6.36. The van der Waals surface area contributed by atoms with E-state index in [1.165, 1.54) is 50.5 Å². The lowest BCUT2D eigenvalue weighted by molar-refractivity contribution is 0.275. The molecule has 0 radical (unpaired) electrons. The van der Waals surface area contributed by atoms with E-state index >= 15 is 0 Å². The van der Waals surface area contributed by atoms with Crippen molar-refractivity contribution in [2.24, 2.45) is 0 Å². The Labute approximate surface area is 155 Å². The summed E-state index contributed by atoms with van der Waals surface area (Å²) in [6, 6.07) is 4.93. The zero-order chi connectivity index (χ0) is 17.2. The molecule has 1 fully saturated rings. The van der Waals surface area contributed by atoms with E-state index in [-0.39, 0.29) is 0 Å². The second-order valence-electron chi connectivity index (χ2n) is 6.61. The van der Waals surface area contributed by atoms with Gasteiger partial charge in [0.1, 0.15) is 0 Å². The lowest BCUT2D eigenvalue weighted by atomic mass is 9.96. The highest BCUT2D eigenvalue weighted by Gasteiger charge is 2.14. The predicted molar refractivity (Wildman–Crippen MR) is 104 cm³/mol. The lowest BCUT2D eigenvalue weighted by Gasteiger charge is -2.22. The minimum Gasteiger partial charge on any atom is -0.490 e. The number of ether oxygens (including phenoxy) is 2. The van der Waals surface area contributed by atoms with Crippen LogP contribution in [0.2, 0.25) is 0 Å². The van der Waals surface area contributed by atoms with Crippen LogP contribution < -0.4 is 14.8 Å². The van der Waals surface area contributed by atoms with Crippen molar-refractivity contribution in [1.29, 1.82) is 0 Å². The maximum absolute atomic E-state index is 5.86. The van der Waals surface area contributed by atoms with Gasteiger partial charge in [0.15, 0.2) is 11.5 Å². The molecular weight excluding hydrogens is 366 g/mol. The van der Waals surface area contributed by atoms with Gasteiger partial charge < -0.3 is 14.8 Å². The standard InChI is InChI=1S/C20H32BrNO2/c1-3-12-24-20-18(21)13-16(14-19(20)23-4-2)15-22-17-10-8-6-5-7-9-11-17/h13-14,17,22H,3-12,15H2,1-2H3. The molecule has 0 atom stereocenters. The largest absolute Gasteiger partial charge is 0.490 e. The Morgan fingerprint density at radius 1 is 1.04 bits per heavy atom.